The Morgan fingerprint density at radius 2 is 0.537 bits per heavy atom. The maximum atomic E-state index is 2.42. The summed E-state index contributed by atoms with van der Waals surface area (Å²) in [4.78, 5) is 0. The Bertz CT molecular complexity index is 2560. The van der Waals surface area contributed by atoms with Gasteiger partial charge in [0, 0.05) is 0 Å². The molecule has 9 aromatic carbocycles. The summed E-state index contributed by atoms with van der Waals surface area (Å²) in [6, 6.07) is 75.0. The Hall–Kier alpha value is -6.50. The molecule has 0 radical (unpaired) electrons. The van der Waals surface area contributed by atoms with Crippen LogP contribution in [0.5, 0.6) is 0 Å². The van der Waals surface area contributed by atoms with Gasteiger partial charge in [0.2, 0.25) is 0 Å². The second-order valence-electron chi connectivity index (χ2n) is 12.9. The molecule has 0 heterocycles. The standard InChI is InChI=1S/C50H34.2C2H6/c1-4-16-35(17-5-1)38-22-14-24-40(32-38)43-31-30-42(34-48(43)41-25-15-23-39(33-41)36-18-6-2-7-19-36)50-46-28-12-10-26-44(46)49(37-20-8-3-9-21-37)45-27-11-13-29-47(45)50;2*1-2/h1-34H;2*1-2H3. The van der Waals surface area contributed by atoms with Crippen LogP contribution >= 0.6 is 0 Å². The predicted molar refractivity (Wildman–Crippen MR) is 237 cm³/mol. The van der Waals surface area contributed by atoms with Crippen LogP contribution in [0.1, 0.15) is 27.7 Å². The molecule has 0 unspecified atom stereocenters. The van der Waals surface area contributed by atoms with Gasteiger partial charge in [-0.2, -0.15) is 0 Å². The second kappa shape index (κ2) is 16.9. The topological polar surface area (TPSA) is 0 Å². The van der Waals surface area contributed by atoms with Crippen molar-refractivity contribution >= 4 is 21.5 Å². The summed E-state index contributed by atoms with van der Waals surface area (Å²) in [6.07, 6.45) is 0. The predicted octanol–water partition coefficient (Wildman–Crippen LogP) is 16.0. The van der Waals surface area contributed by atoms with E-state index in [2.05, 4.69) is 206 Å². The molecule has 54 heavy (non-hydrogen) atoms. The van der Waals surface area contributed by atoms with Crippen molar-refractivity contribution in [2.75, 3.05) is 0 Å². The average molecular weight is 695 g/mol. The molecule has 0 aliphatic heterocycles. The molecule has 0 nitrogen and oxygen atoms in total. The minimum atomic E-state index is 1.20. The largest absolute Gasteiger partial charge is 0.0683 e. The summed E-state index contributed by atoms with van der Waals surface area (Å²) in [5.41, 5.74) is 14.7. The number of benzene rings is 9. The van der Waals surface area contributed by atoms with Crippen molar-refractivity contribution in [2.45, 2.75) is 27.7 Å². The van der Waals surface area contributed by atoms with Crippen LogP contribution in [0.2, 0.25) is 0 Å². The third kappa shape index (κ3) is 7.12. The molecule has 0 fully saturated rings. The van der Waals surface area contributed by atoms with E-state index >= 15 is 0 Å². The van der Waals surface area contributed by atoms with Gasteiger partial charge in [-0.05, 0) is 107 Å². The van der Waals surface area contributed by atoms with E-state index in [1.54, 1.807) is 0 Å². The molecule has 0 bridgehead atoms. The van der Waals surface area contributed by atoms with E-state index in [4.69, 9.17) is 0 Å². The smallest absolute Gasteiger partial charge is 0.00261 e. The maximum absolute atomic E-state index is 2.42. The average Bonchev–Trinajstić information content (AvgIpc) is 3.27. The van der Waals surface area contributed by atoms with Gasteiger partial charge in [0.15, 0.2) is 0 Å². The Kier molecular flexibility index (Phi) is 11.2. The van der Waals surface area contributed by atoms with Gasteiger partial charge < -0.3 is 0 Å². The molecular formula is C54H46. The summed E-state index contributed by atoms with van der Waals surface area (Å²) in [5.74, 6) is 0. The number of hydrogen-bond acceptors (Lipinski definition) is 0. The molecular weight excluding hydrogens is 649 g/mol. The first kappa shape index (κ1) is 35.9. The fraction of sp³-hybridized carbons (Fsp3) is 0.0741. The maximum Gasteiger partial charge on any atom is -0.00261 e. The first-order valence-corrected chi connectivity index (χ1v) is 19.3. The highest BCUT2D eigenvalue weighted by atomic mass is 14.2. The zero-order valence-electron chi connectivity index (χ0n) is 31.6. The molecule has 0 heteroatoms. The van der Waals surface area contributed by atoms with Gasteiger partial charge in [-0.15, -0.1) is 0 Å². The molecule has 0 saturated carbocycles. The summed E-state index contributed by atoms with van der Waals surface area (Å²) in [6.45, 7) is 8.00. The van der Waals surface area contributed by atoms with Crippen LogP contribution in [0.4, 0.5) is 0 Å². The fourth-order valence-electron chi connectivity index (χ4n) is 7.54. The van der Waals surface area contributed by atoms with Crippen LogP contribution in [-0.4, -0.2) is 0 Å². The van der Waals surface area contributed by atoms with Gasteiger partial charge >= 0.3 is 0 Å². The Balaban J connectivity index is 0.00000109. The van der Waals surface area contributed by atoms with Gasteiger partial charge in [-0.3, -0.25) is 0 Å². The van der Waals surface area contributed by atoms with Crippen LogP contribution in [0.15, 0.2) is 206 Å². The van der Waals surface area contributed by atoms with E-state index in [9.17, 15) is 0 Å². The third-order valence-corrected chi connectivity index (χ3v) is 9.86. The molecule has 262 valence electrons. The van der Waals surface area contributed by atoms with Crippen LogP contribution in [-0.2, 0) is 0 Å². The molecule has 9 aromatic rings. The van der Waals surface area contributed by atoms with Gasteiger partial charge in [-0.25, -0.2) is 0 Å². The molecule has 0 N–H and O–H groups in total. The SMILES string of the molecule is CC.CC.c1ccc(-c2cccc(-c3ccc(-c4c5ccccc5c(-c5ccccc5)c5ccccc45)cc3-c3cccc(-c4ccccc4)c3)c2)cc1. The van der Waals surface area contributed by atoms with E-state index in [1.807, 2.05) is 27.7 Å². The van der Waals surface area contributed by atoms with Crippen molar-refractivity contribution < 1.29 is 0 Å². The van der Waals surface area contributed by atoms with Gasteiger partial charge in [0.1, 0.15) is 0 Å². The van der Waals surface area contributed by atoms with E-state index in [1.165, 1.54) is 88.3 Å². The van der Waals surface area contributed by atoms with Crippen molar-refractivity contribution in [3.05, 3.63) is 206 Å². The lowest BCUT2D eigenvalue weighted by atomic mass is 9.84. The van der Waals surface area contributed by atoms with E-state index in [-0.39, 0.29) is 0 Å². The molecule has 0 amide bonds. The Labute approximate surface area is 321 Å². The highest BCUT2D eigenvalue weighted by Gasteiger charge is 2.18. The van der Waals surface area contributed by atoms with Crippen LogP contribution < -0.4 is 0 Å². The summed E-state index contributed by atoms with van der Waals surface area (Å²) >= 11 is 0. The number of fused-ring (bicyclic) bond motifs is 2. The summed E-state index contributed by atoms with van der Waals surface area (Å²) < 4.78 is 0. The number of hydrogen-bond donors (Lipinski definition) is 0. The van der Waals surface area contributed by atoms with Crippen molar-refractivity contribution in [3.8, 4) is 66.8 Å². The molecule has 0 atom stereocenters. The minimum absolute atomic E-state index is 1.20. The molecule has 0 spiro atoms. The van der Waals surface area contributed by atoms with Crippen molar-refractivity contribution in [2.24, 2.45) is 0 Å². The Morgan fingerprint density at radius 1 is 0.204 bits per heavy atom. The van der Waals surface area contributed by atoms with Crippen LogP contribution in [0.3, 0.4) is 0 Å². The van der Waals surface area contributed by atoms with E-state index < -0.39 is 0 Å². The van der Waals surface area contributed by atoms with Crippen LogP contribution in [0.25, 0.3) is 88.3 Å². The lowest BCUT2D eigenvalue weighted by Gasteiger charge is -2.19. The normalized spacial score (nSPS) is 10.6. The highest BCUT2D eigenvalue weighted by molar-refractivity contribution is 6.21. The van der Waals surface area contributed by atoms with Crippen molar-refractivity contribution in [1.29, 1.82) is 0 Å². The number of rotatable bonds is 6. The molecule has 0 aromatic heterocycles. The summed E-state index contributed by atoms with van der Waals surface area (Å²) in [7, 11) is 0. The Morgan fingerprint density at radius 3 is 0.981 bits per heavy atom. The zero-order chi connectivity index (χ0) is 37.3. The molecule has 0 aliphatic carbocycles. The van der Waals surface area contributed by atoms with Gasteiger partial charge in [0.25, 0.3) is 0 Å². The first-order valence-electron chi connectivity index (χ1n) is 19.3. The molecule has 0 saturated heterocycles. The third-order valence-electron chi connectivity index (χ3n) is 9.86. The fourth-order valence-corrected chi connectivity index (χ4v) is 7.54. The lowest BCUT2D eigenvalue weighted by molar-refractivity contribution is 1.50. The van der Waals surface area contributed by atoms with Crippen molar-refractivity contribution in [1.82, 2.24) is 0 Å². The van der Waals surface area contributed by atoms with Crippen molar-refractivity contribution in [3.63, 3.8) is 0 Å². The summed E-state index contributed by atoms with van der Waals surface area (Å²) in [5, 5.41) is 5.04. The molecule has 0 aliphatic rings. The highest BCUT2D eigenvalue weighted by Crippen LogP contribution is 2.46. The minimum Gasteiger partial charge on any atom is -0.0683 e. The van der Waals surface area contributed by atoms with Crippen LogP contribution in [0, 0.1) is 0 Å². The quantitative estimate of drug-likeness (QED) is 0.152. The van der Waals surface area contributed by atoms with Gasteiger partial charge in [-0.1, -0.05) is 216 Å². The van der Waals surface area contributed by atoms with Gasteiger partial charge in [0.05, 0.1) is 0 Å². The zero-order valence-corrected chi connectivity index (χ0v) is 31.6. The monoisotopic (exact) mass is 694 g/mol. The lowest BCUT2D eigenvalue weighted by Crippen LogP contribution is -1.93. The first-order chi connectivity index (χ1) is 26.8. The van der Waals surface area contributed by atoms with E-state index in [0.29, 0.717) is 0 Å². The second-order valence-corrected chi connectivity index (χ2v) is 12.9. The molecule has 9 rings (SSSR count). The van der Waals surface area contributed by atoms with E-state index in [0.717, 1.165) is 0 Å².